The molecule has 2 rings (SSSR count). The summed E-state index contributed by atoms with van der Waals surface area (Å²) in [4.78, 5) is 77.8. The van der Waals surface area contributed by atoms with Crippen LogP contribution in [0.25, 0.3) is 0 Å². The molecule has 19 heteroatoms. The number of aliphatic hydroxyl groups is 1. The number of quaternary nitrogens is 1. The van der Waals surface area contributed by atoms with Gasteiger partial charge in [-0.25, -0.2) is 9.28 Å². The van der Waals surface area contributed by atoms with Crippen molar-refractivity contribution in [1.82, 2.24) is 19.6 Å². The lowest BCUT2D eigenvalue weighted by atomic mass is 10.0. The molecule has 43 heavy (non-hydrogen) atoms. The lowest BCUT2D eigenvalue weighted by molar-refractivity contribution is -0.137. The van der Waals surface area contributed by atoms with Crippen LogP contribution < -0.4 is 15.5 Å². The molecule has 0 unspecified atom stereocenters. The summed E-state index contributed by atoms with van der Waals surface area (Å²) in [7, 11) is -11.1. The number of carbonyl (C=O) groups excluding carboxylic acids is 3. The number of carbonyl (C=O) groups is 3. The van der Waals surface area contributed by atoms with Crippen molar-refractivity contribution in [2.75, 3.05) is 57.6 Å². The lowest BCUT2D eigenvalue weighted by Crippen LogP contribution is -2.56. The second-order valence-corrected chi connectivity index (χ2v) is 15.2. The molecule has 0 saturated carbocycles. The van der Waals surface area contributed by atoms with Gasteiger partial charge < -0.3 is 40.6 Å². The lowest BCUT2D eigenvalue weighted by Gasteiger charge is -2.37. The first-order valence-corrected chi connectivity index (χ1v) is 17.7. The number of halogens is 2. The van der Waals surface area contributed by atoms with Gasteiger partial charge in [-0.3, -0.25) is 23.6 Å². The normalized spacial score (nSPS) is 16.9. The molecule has 0 aliphatic carbocycles. The van der Waals surface area contributed by atoms with Crippen LogP contribution in [0.15, 0.2) is 24.3 Å². The highest BCUT2D eigenvalue weighted by Gasteiger charge is 2.59. The molecule has 1 aliphatic rings. The van der Waals surface area contributed by atoms with E-state index in [1.165, 1.54) is 11.8 Å². The van der Waals surface area contributed by atoms with E-state index in [1.54, 1.807) is 29.2 Å². The van der Waals surface area contributed by atoms with E-state index >= 15 is 0 Å². The zero-order valence-corrected chi connectivity index (χ0v) is 27.0. The Hall–Kier alpha value is -1.45. The quantitative estimate of drug-likeness (QED) is 0.0506. The van der Waals surface area contributed by atoms with Crippen molar-refractivity contribution in [2.45, 2.75) is 36.9 Å². The molecule has 1 saturated heterocycles. The Bertz CT molecular complexity index is 1180. The molecule has 0 bridgehead atoms. The number of piperazine rings is 1. The van der Waals surface area contributed by atoms with Gasteiger partial charge in [0.1, 0.15) is 24.8 Å². The number of nitrogens with zero attached hydrogens (tertiary/aromatic N) is 3. The van der Waals surface area contributed by atoms with Crippen LogP contribution in [0.1, 0.15) is 18.9 Å². The number of hydrogen-bond donors (Lipinski definition) is 7. The fourth-order valence-corrected chi connectivity index (χ4v) is 7.47. The molecule has 8 N–H and O–H groups in total. The van der Waals surface area contributed by atoms with Gasteiger partial charge in [0.05, 0.1) is 17.8 Å². The Morgan fingerprint density at radius 3 is 2.00 bits per heavy atom. The minimum atomic E-state index is -5.55. The summed E-state index contributed by atoms with van der Waals surface area (Å²) >= 11 is 11.8. The first-order valence-electron chi connectivity index (χ1n) is 13.4. The first-order chi connectivity index (χ1) is 19.9. The van der Waals surface area contributed by atoms with Crippen LogP contribution in [-0.2, 0) is 29.9 Å². The molecule has 1 heterocycles. The second kappa shape index (κ2) is 15.7. The zero-order chi connectivity index (χ0) is 32.6. The molecule has 0 aromatic heterocycles. The Labute approximate surface area is 259 Å². The molecule has 2 atom stereocenters. The van der Waals surface area contributed by atoms with Crippen LogP contribution >= 0.6 is 38.4 Å². The largest absolute Gasteiger partial charge is 0.369 e. The molecule has 1 aliphatic heterocycles. The van der Waals surface area contributed by atoms with Crippen molar-refractivity contribution < 1.29 is 48.2 Å². The number of alkyl halides is 2. The third kappa shape index (κ3) is 9.52. The standard InChI is InChI=1S/C24H39Cl2N5O10P2/c1-18(23(34)30-12-10-29(11-13-30)9-6-24(35,42(36,37)38)43(39,40)41)28-22(33)21(27)16-19-2-4-20(5-3-19)31(17-32,14-7-25)15-8-26/h2-5,17-18,21,35H,6-16,27H2,1H3,(H4-,28,33,36,37,38,39,40,41)/p+1/t18-,21-/m0/s1. The second-order valence-electron chi connectivity index (χ2n) is 10.5. The summed E-state index contributed by atoms with van der Waals surface area (Å²) in [5.41, 5.74) is 7.55. The third-order valence-electron chi connectivity index (χ3n) is 7.52. The maximum atomic E-state index is 12.9. The van der Waals surface area contributed by atoms with Crippen molar-refractivity contribution in [3.63, 3.8) is 0 Å². The SMILES string of the molecule is C[C@H](NC(=O)[C@@H](N)Cc1ccc([N+](C=O)(CCCl)CCCl)cc1)C(=O)N1CCN(CCC(O)(P(=O)(O)O)P(=O)(O)O)CC1. The molecule has 15 nitrogen and oxygen atoms in total. The van der Waals surface area contributed by atoms with E-state index in [4.69, 9.17) is 28.9 Å². The molecule has 1 aromatic carbocycles. The van der Waals surface area contributed by atoms with Crippen LogP contribution in [0.3, 0.4) is 0 Å². The predicted octanol–water partition coefficient (Wildman–Crippen LogP) is -0.462. The number of hydrogen-bond acceptors (Lipinski definition) is 8. The van der Waals surface area contributed by atoms with Crippen molar-refractivity contribution in [2.24, 2.45) is 5.73 Å². The smallest absolute Gasteiger partial charge is 0.367 e. The van der Waals surface area contributed by atoms with Crippen molar-refractivity contribution >= 4 is 62.3 Å². The highest BCUT2D eigenvalue weighted by atomic mass is 35.5. The van der Waals surface area contributed by atoms with Gasteiger partial charge in [0.15, 0.2) is 0 Å². The van der Waals surface area contributed by atoms with E-state index in [9.17, 15) is 48.2 Å². The van der Waals surface area contributed by atoms with E-state index in [0.29, 0.717) is 18.8 Å². The minimum Gasteiger partial charge on any atom is -0.367 e. The van der Waals surface area contributed by atoms with Gasteiger partial charge in [0.25, 0.3) is 5.08 Å². The van der Waals surface area contributed by atoms with Gasteiger partial charge in [-0.05, 0) is 31.0 Å². The number of nitrogens with two attached hydrogens (primary N) is 1. The van der Waals surface area contributed by atoms with E-state index in [-0.39, 0.29) is 61.3 Å². The molecular weight excluding hydrogens is 651 g/mol. The number of rotatable bonds is 16. The zero-order valence-electron chi connectivity index (χ0n) is 23.7. The highest BCUT2D eigenvalue weighted by molar-refractivity contribution is 7.72. The van der Waals surface area contributed by atoms with Crippen LogP contribution in [0.2, 0.25) is 0 Å². The predicted molar refractivity (Wildman–Crippen MR) is 161 cm³/mol. The Morgan fingerprint density at radius 2 is 1.56 bits per heavy atom. The van der Waals surface area contributed by atoms with E-state index < -0.39 is 44.7 Å². The monoisotopic (exact) mass is 690 g/mol. The first kappa shape index (κ1) is 37.7. The van der Waals surface area contributed by atoms with Gasteiger partial charge >= 0.3 is 21.6 Å². The van der Waals surface area contributed by atoms with Crippen LogP contribution in [0, 0.1) is 0 Å². The maximum Gasteiger partial charge on any atom is 0.369 e. The molecule has 0 radical (unpaired) electrons. The van der Waals surface area contributed by atoms with Crippen LogP contribution in [-0.4, -0.2) is 127 Å². The van der Waals surface area contributed by atoms with E-state index in [0.717, 1.165) is 12.0 Å². The van der Waals surface area contributed by atoms with Gasteiger partial charge in [-0.15, -0.1) is 23.2 Å². The molecule has 244 valence electrons. The van der Waals surface area contributed by atoms with Gasteiger partial charge in [0.2, 0.25) is 11.8 Å². The summed E-state index contributed by atoms with van der Waals surface area (Å²) in [6.07, 6.45) is 0.101. The summed E-state index contributed by atoms with van der Waals surface area (Å²) < 4.78 is 23.1. The highest BCUT2D eigenvalue weighted by Crippen LogP contribution is 2.68. The maximum absolute atomic E-state index is 12.9. The van der Waals surface area contributed by atoms with Gasteiger partial charge in [0, 0.05) is 39.1 Å². The van der Waals surface area contributed by atoms with Crippen LogP contribution in [0.5, 0.6) is 0 Å². The summed E-state index contributed by atoms with van der Waals surface area (Å²) in [6, 6.07) is 5.18. The fraction of sp³-hybridized carbons (Fsp3) is 0.625. The molecule has 1 fully saturated rings. The van der Waals surface area contributed by atoms with Crippen molar-refractivity contribution in [3.8, 4) is 0 Å². The summed E-state index contributed by atoms with van der Waals surface area (Å²) in [5, 5.41) is 9.17. The summed E-state index contributed by atoms with van der Waals surface area (Å²) in [5.74, 6) is -0.399. The topological polar surface area (TPSA) is 231 Å². The van der Waals surface area contributed by atoms with Crippen molar-refractivity contribution in [1.29, 1.82) is 0 Å². The number of amides is 3. The molecule has 0 spiro atoms. The number of benzene rings is 1. The Morgan fingerprint density at radius 1 is 1.05 bits per heavy atom. The number of nitrogens with one attached hydrogen (secondary N) is 1. The van der Waals surface area contributed by atoms with E-state index in [2.05, 4.69) is 5.32 Å². The van der Waals surface area contributed by atoms with Crippen molar-refractivity contribution in [3.05, 3.63) is 29.8 Å². The third-order valence-corrected chi connectivity index (χ3v) is 11.7. The van der Waals surface area contributed by atoms with E-state index in [1.807, 2.05) is 0 Å². The Balaban J connectivity index is 1.90. The molecule has 1 aromatic rings. The average Bonchev–Trinajstić information content (AvgIpc) is 2.94. The molecular formula is C24H40Cl2N5O10P2+. The minimum absolute atomic E-state index is 0.0310. The summed E-state index contributed by atoms with van der Waals surface area (Å²) in [6.45, 7) is 2.80. The fourth-order valence-electron chi connectivity index (χ4n) is 4.73. The molecule has 3 amide bonds. The average molecular weight is 691 g/mol. The van der Waals surface area contributed by atoms with Crippen LogP contribution in [0.4, 0.5) is 5.69 Å². The Kier molecular flexibility index (Phi) is 13.8. The van der Waals surface area contributed by atoms with Gasteiger partial charge in [-0.1, -0.05) is 12.1 Å². The van der Waals surface area contributed by atoms with Gasteiger partial charge in [-0.2, -0.15) is 0 Å².